The van der Waals surface area contributed by atoms with Crippen molar-refractivity contribution in [2.45, 2.75) is 45.6 Å². The van der Waals surface area contributed by atoms with Crippen molar-refractivity contribution in [1.82, 2.24) is 10.2 Å². The van der Waals surface area contributed by atoms with Gasteiger partial charge in [-0.25, -0.2) is 0 Å². The van der Waals surface area contributed by atoms with Crippen molar-refractivity contribution in [2.75, 3.05) is 26.3 Å². The first kappa shape index (κ1) is 22.7. The van der Waals surface area contributed by atoms with Gasteiger partial charge in [-0.05, 0) is 49.4 Å². The van der Waals surface area contributed by atoms with Gasteiger partial charge in [-0.2, -0.15) is 0 Å². The monoisotopic (exact) mass is 424 g/mol. The largest absolute Gasteiger partial charge is 0.486 e. The molecule has 0 spiro atoms. The number of aryl methyl sites for hydroxylation is 1. The van der Waals surface area contributed by atoms with E-state index in [-0.39, 0.29) is 11.8 Å². The van der Waals surface area contributed by atoms with Crippen LogP contribution in [-0.2, 0) is 22.4 Å². The molecule has 31 heavy (non-hydrogen) atoms. The van der Waals surface area contributed by atoms with Gasteiger partial charge in [-0.1, -0.05) is 43.3 Å². The highest BCUT2D eigenvalue weighted by Gasteiger charge is 2.25. The molecule has 1 atom stereocenters. The molecule has 6 nitrogen and oxygen atoms in total. The molecule has 0 aromatic heterocycles. The van der Waals surface area contributed by atoms with E-state index in [0.29, 0.717) is 45.6 Å². The van der Waals surface area contributed by atoms with Crippen molar-refractivity contribution in [3.8, 4) is 11.5 Å². The summed E-state index contributed by atoms with van der Waals surface area (Å²) in [6, 6.07) is 15.3. The average Bonchev–Trinajstić information content (AvgIpc) is 2.81. The van der Waals surface area contributed by atoms with Gasteiger partial charge in [0.25, 0.3) is 0 Å². The molecule has 0 aliphatic carbocycles. The number of benzene rings is 2. The number of nitrogens with zero attached hydrogens (tertiary/aromatic N) is 1. The van der Waals surface area contributed by atoms with Crippen molar-refractivity contribution < 1.29 is 19.1 Å². The topological polar surface area (TPSA) is 67.9 Å². The number of hydrogen-bond donors (Lipinski definition) is 1. The summed E-state index contributed by atoms with van der Waals surface area (Å²) in [4.78, 5) is 27.4. The van der Waals surface area contributed by atoms with Crippen LogP contribution in [0.4, 0.5) is 0 Å². The minimum Gasteiger partial charge on any atom is -0.486 e. The molecule has 2 aromatic rings. The lowest BCUT2D eigenvalue weighted by molar-refractivity contribution is -0.139. The minimum atomic E-state index is -0.511. The van der Waals surface area contributed by atoms with Crippen molar-refractivity contribution in [2.24, 2.45) is 0 Å². The number of hydrogen-bond acceptors (Lipinski definition) is 4. The van der Waals surface area contributed by atoms with Crippen LogP contribution in [0.5, 0.6) is 11.5 Å². The standard InChI is InChI=1S/C25H32N2O4/c1-3-14-26-25(29)19(2)27(15-13-20-7-5-4-6-8-20)24(28)12-10-21-9-11-22-23(18-21)31-17-16-30-22/h4-9,11,18-19H,3,10,12-17H2,1-2H3,(H,26,29)/t19-/m1/s1. The Bertz CT molecular complexity index is 869. The van der Waals surface area contributed by atoms with Crippen LogP contribution in [0, 0.1) is 0 Å². The van der Waals surface area contributed by atoms with Gasteiger partial charge < -0.3 is 19.7 Å². The van der Waals surface area contributed by atoms with Crippen molar-refractivity contribution in [3.05, 3.63) is 59.7 Å². The zero-order chi connectivity index (χ0) is 22.1. The Morgan fingerprint density at radius 2 is 1.74 bits per heavy atom. The Labute approximate surface area is 184 Å². The van der Waals surface area contributed by atoms with Crippen LogP contribution in [0.15, 0.2) is 48.5 Å². The Morgan fingerprint density at radius 3 is 2.48 bits per heavy atom. The number of nitrogens with one attached hydrogen (secondary N) is 1. The van der Waals surface area contributed by atoms with E-state index >= 15 is 0 Å². The summed E-state index contributed by atoms with van der Waals surface area (Å²) in [5.74, 6) is 1.34. The molecule has 0 bridgehead atoms. The van der Waals surface area contributed by atoms with Gasteiger partial charge in [-0.3, -0.25) is 9.59 Å². The predicted molar refractivity (Wildman–Crippen MR) is 120 cm³/mol. The second-order valence-corrected chi connectivity index (χ2v) is 7.77. The molecule has 166 valence electrons. The number of fused-ring (bicyclic) bond motifs is 1. The van der Waals surface area contributed by atoms with E-state index in [2.05, 4.69) is 5.32 Å². The maximum absolute atomic E-state index is 13.1. The third-order valence-corrected chi connectivity index (χ3v) is 5.43. The lowest BCUT2D eigenvalue weighted by Gasteiger charge is -2.29. The predicted octanol–water partition coefficient (Wildman–Crippen LogP) is 3.38. The minimum absolute atomic E-state index is 0.0232. The number of carbonyl (C=O) groups excluding carboxylic acids is 2. The first-order valence-corrected chi connectivity index (χ1v) is 11.1. The molecule has 0 fully saturated rings. The van der Waals surface area contributed by atoms with Crippen LogP contribution < -0.4 is 14.8 Å². The van der Waals surface area contributed by atoms with Crippen LogP contribution in [0.2, 0.25) is 0 Å². The highest BCUT2D eigenvalue weighted by molar-refractivity contribution is 5.87. The number of carbonyl (C=O) groups is 2. The summed E-state index contributed by atoms with van der Waals surface area (Å²) in [5, 5.41) is 2.91. The van der Waals surface area contributed by atoms with E-state index in [4.69, 9.17) is 9.47 Å². The average molecular weight is 425 g/mol. The van der Waals surface area contributed by atoms with E-state index < -0.39 is 6.04 Å². The molecule has 0 unspecified atom stereocenters. The van der Waals surface area contributed by atoms with Crippen LogP contribution in [-0.4, -0.2) is 49.1 Å². The van der Waals surface area contributed by atoms with Gasteiger partial charge in [-0.15, -0.1) is 0 Å². The lowest BCUT2D eigenvalue weighted by Crippen LogP contribution is -2.49. The maximum Gasteiger partial charge on any atom is 0.242 e. The summed E-state index contributed by atoms with van der Waals surface area (Å²) < 4.78 is 11.2. The summed E-state index contributed by atoms with van der Waals surface area (Å²) in [5.41, 5.74) is 2.16. The lowest BCUT2D eigenvalue weighted by atomic mass is 10.1. The fourth-order valence-electron chi connectivity index (χ4n) is 3.60. The van der Waals surface area contributed by atoms with Gasteiger partial charge in [0.05, 0.1) is 0 Å². The van der Waals surface area contributed by atoms with Gasteiger partial charge in [0.2, 0.25) is 11.8 Å². The smallest absolute Gasteiger partial charge is 0.242 e. The second kappa shape index (κ2) is 11.4. The Kier molecular flexibility index (Phi) is 8.33. The molecule has 2 aromatic carbocycles. The van der Waals surface area contributed by atoms with E-state index in [1.54, 1.807) is 11.8 Å². The van der Waals surface area contributed by atoms with Gasteiger partial charge in [0.1, 0.15) is 19.3 Å². The van der Waals surface area contributed by atoms with Crippen molar-refractivity contribution in [3.63, 3.8) is 0 Å². The van der Waals surface area contributed by atoms with E-state index in [1.807, 2.05) is 55.5 Å². The Hall–Kier alpha value is -3.02. The quantitative estimate of drug-likeness (QED) is 0.635. The Balaban J connectivity index is 1.64. The van der Waals surface area contributed by atoms with Crippen molar-refractivity contribution in [1.29, 1.82) is 0 Å². The van der Waals surface area contributed by atoms with Crippen LogP contribution >= 0.6 is 0 Å². The normalized spacial score (nSPS) is 13.4. The molecule has 0 saturated carbocycles. The SMILES string of the molecule is CCCNC(=O)[C@@H](C)N(CCc1ccccc1)C(=O)CCc1ccc2c(c1)OCCO2. The Morgan fingerprint density at radius 1 is 1.00 bits per heavy atom. The first-order chi connectivity index (χ1) is 15.1. The molecule has 1 N–H and O–H groups in total. The highest BCUT2D eigenvalue weighted by Crippen LogP contribution is 2.31. The maximum atomic E-state index is 13.1. The number of amides is 2. The fraction of sp³-hybridized carbons (Fsp3) is 0.440. The third kappa shape index (κ3) is 6.48. The fourth-order valence-corrected chi connectivity index (χ4v) is 3.60. The van der Waals surface area contributed by atoms with Gasteiger partial charge in [0.15, 0.2) is 11.5 Å². The van der Waals surface area contributed by atoms with E-state index in [9.17, 15) is 9.59 Å². The molecular weight excluding hydrogens is 392 g/mol. The zero-order valence-corrected chi connectivity index (χ0v) is 18.4. The second-order valence-electron chi connectivity index (χ2n) is 7.77. The number of rotatable bonds is 10. The van der Waals surface area contributed by atoms with Crippen LogP contribution in [0.3, 0.4) is 0 Å². The molecule has 0 radical (unpaired) electrons. The summed E-state index contributed by atoms with van der Waals surface area (Å²) in [7, 11) is 0. The van der Waals surface area contributed by atoms with Gasteiger partial charge in [0, 0.05) is 19.5 Å². The van der Waals surface area contributed by atoms with Gasteiger partial charge >= 0.3 is 0 Å². The van der Waals surface area contributed by atoms with E-state index in [0.717, 1.165) is 29.0 Å². The number of ether oxygens (including phenoxy) is 2. The molecule has 0 saturated heterocycles. The summed E-state index contributed by atoms with van der Waals surface area (Å²) >= 11 is 0. The van der Waals surface area contributed by atoms with Crippen molar-refractivity contribution >= 4 is 11.8 Å². The molecule has 2 amide bonds. The molecule has 1 aliphatic rings. The molecule has 1 aliphatic heterocycles. The third-order valence-electron chi connectivity index (χ3n) is 5.43. The molecular formula is C25H32N2O4. The highest BCUT2D eigenvalue weighted by atomic mass is 16.6. The molecule has 1 heterocycles. The zero-order valence-electron chi connectivity index (χ0n) is 18.4. The van der Waals surface area contributed by atoms with Crippen LogP contribution in [0.1, 0.15) is 37.8 Å². The summed E-state index contributed by atoms with van der Waals surface area (Å²) in [6.45, 7) is 6.02. The first-order valence-electron chi connectivity index (χ1n) is 11.1. The van der Waals surface area contributed by atoms with E-state index in [1.165, 1.54) is 0 Å². The summed E-state index contributed by atoms with van der Waals surface area (Å²) in [6.07, 6.45) is 2.49. The molecule has 3 rings (SSSR count). The molecule has 6 heteroatoms. The van der Waals surface area contributed by atoms with Crippen LogP contribution in [0.25, 0.3) is 0 Å².